The molecule has 0 atom stereocenters. The van der Waals surface area contributed by atoms with Gasteiger partial charge in [-0.2, -0.15) is 0 Å². The molecule has 0 aliphatic heterocycles. The van der Waals surface area contributed by atoms with Crippen molar-refractivity contribution in [2.45, 2.75) is 39.5 Å². The Morgan fingerprint density at radius 1 is 0.732 bits per heavy atom. The molecular weight excluding hydrogens is 520 g/mol. The van der Waals surface area contributed by atoms with Gasteiger partial charge in [0.25, 0.3) is 0 Å². The average molecular weight is 557 g/mol. The number of hydrogen-bond donors (Lipinski definition) is 0. The van der Waals surface area contributed by atoms with Crippen molar-refractivity contribution in [3.05, 3.63) is 102 Å². The first-order chi connectivity index (χ1) is 19.9. The lowest BCUT2D eigenvalue weighted by molar-refractivity contribution is -0.139. The molecule has 0 N–H and O–H groups in total. The summed E-state index contributed by atoms with van der Waals surface area (Å²) in [6, 6.07) is 21.8. The van der Waals surface area contributed by atoms with Crippen LogP contribution < -0.4 is 9.47 Å². The molecule has 0 saturated heterocycles. The highest BCUT2D eigenvalue weighted by Gasteiger charge is 2.10. The van der Waals surface area contributed by atoms with Gasteiger partial charge in [-0.05, 0) is 85.4 Å². The number of rotatable bonds is 15. The summed E-state index contributed by atoms with van der Waals surface area (Å²) in [6.45, 7) is 8.42. The molecule has 0 radical (unpaired) electrons. The Morgan fingerprint density at radius 3 is 1.95 bits per heavy atom. The molecule has 0 aliphatic carbocycles. The van der Waals surface area contributed by atoms with Gasteiger partial charge >= 0.3 is 17.9 Å². The molecule has 3 rings (SSSR count). The van der Waals surface area contributed by atoms with Crippen LogP contribution in [0.1, 0.15) is 55.5 Å². The van der Waals surface area contributed by atoms with Crippen LogP contribution >= 0.6 is 0 Å². The van der Waals surface area contributed by atoms with Gasteiger partial charge < -0.3 is 18.9 Å². The Labute approximate surface area is 241 Å². The van der Waals surface area contributed by atoms with E-state index in [0.29, 0.717) is 48.9 Å². The number of benzene rings is 3. The lowest BCUT2D eigenvalue weighted by Crippen LogP contribution is -2.09. The Balaban J connectivity index is 1.44. The Kier molecular flexibility index (Phi) is 12.4. The summed E-state index contributed by atoms with van der Waals surface area (Å²) in [6.07, 6.45) is 6.40. The van der Waals surface area contributed by atoms with E-state index in [9.17, 15) is 14.4 Å². The summed E-state index contributed by atoms with van der Waals surface area (Å²) in [7, 11) is 0. The fourth-order valence-electron chi connectivity index (χ4n) is 3.57. The quantitative estimate of drug-likeness (QED) is 0.0846. The fourth-order valence-corrected chi connectivity index (χ4v) is 3.57. The zero-order valence-electron chi connectivity index (χ0n) is 23.6. The Bertz CT molecular complexity index is 1320. The molecule has 0 heterocycles. The minimum atomic E-state index is -0.465. The van der Waals surface area contributed by atoms with Crippen LogP contribution in [0.5, 0.6) is 11.5 Å². The highest BCUT2D eigenvalue weighted by atomic mass is 16.5. The fraction of sp³-hybridized carbons (Fsp3) is 0.265. The molecule has 214 valence electrons. The van der Waals surface area contributed by atoms with E-state index in [1.807, 2.05) is 43.3 Å². The van der Waals surface area contributed by atoms with Gasteiger partial charge in [-0.25, -0.2) is 14.4 Å². The number of unbranched alkanes of at least 4 members (excludes halogenated alkanes) is 2. The molecule has 0 amide bonds. The first-order valence-corrected chi connectivity index (χ1v) is 13.7. The van der Waals surface area contributed by atoms with Crippen LogP contribution in [0, 0.1) is 0 Å². The molecule has 7 heteroatoms. The molecule has 0 spiro atoms. The van der Waals surface area contributed by atoms with Crippen molar-refractivity contribution in [2.24, 2.45) is 0 Å². The third-order valence-electron chi connectivity index (χ3n) is 5.94. The molecule has 0 saturated carbocycles. The lowest BCUT2D eigenvalue weighted by atomic mass is 10.0. The molecule has 0 bridgehead atoms. The third-order valence-corrected chi connectivity index (χ3v) is 5.94. The number of carbonyl (C=O) groups excluding carboxylic acids is 3. The predicted octanol–water partition coefficient (Wildman–Crippen LogP) is 7.21. The smallest absolute Gasteiger partial charge is 0.343 e. The summed E-state index contributed by atoms with van der Waals surface area (Å²) in [5.41, 5.74) is 3.65. The summed E-state index contributed by atoms with van der Waals surface area (Å²) >= 11 is 0. The lowest BCUT2D eigenvalue weighted by Gasteiger charge is -2.09. The second-order valence-corrected chi connectivity index (χ2v) is 9.39. The van der Waals surface area contributed by atoms with Gasteiger partial charge in [-0.3, -0.25) is 0 Å². The van der Waals surface area contributed by atoms with Gasteiger partial charge in [-0.15, -0.1) is 0 Å². The summed E-state index contributed by atoms with van der Waals surface area (Å²) < 4.78 is 21.4. The number of carbonyl (C=O) groups is 3. The minimum absolute atomic E-state index is 0.323. The van der Waals surface area contributed by atoms with Gasteiger partial charge in [-0.1, -0.05) is 56.3 Å². The summed E-state index contributed by atoms with van der Waals surface area (Å²) in [5.74, 6) is -0.119. The zero-order chi connectivity index (χ0) is 29.5. The molecule has 0 unspecified atom stereocenters. The molecule has 3 aromatic rings. The molecule has 3 aromatic carbocycles. The topological polar surface area (TPSA) is 88.1 Å². The largest absolute Gasteiger partial charge is 0.494 e. The molecule has 0 aliphatic rings. The first kappa shape index (κ1) is 30.9. The van der Waals surface area contributed by atoms with Crippen LogP contribution in [-0.4, -0.2) is 37.7 Å². The molecule has 0 fully saturated rings. The minimum Gasteiger partial charge on any atom is -0.494 e. The van der Waals surface area contributed by atoms with Crippen LogP contribution in [-0.2, 0) is 19.1 Å². The van der Waals surface area contributed by atoms with E-state index in [1.54, 1.807) is 49.4 Å². The Hall–Kier alpha value is -4.65. The van der Waals surface area contributed by atoms with Crippen molar-refractivity contribution in [2.75, 3.05) is 19.8 Å². The second-order valence-electron chi connectivity index (χ2n) is 9.39. The SMILES string of the molecule is C=C(C)C(=O)OCCCCOc1ccc(C(=O)Oc2ccc(-c3ccc(/C=C/C(=O)OCCCC)cc3)cc2)cc1. The van der Waals surface area contributed by atoms with Crippen LogP contribution in [0.4, 0.5) is 0 Å². The van der Waals surface area contributed by atoms with E-state index in [4.69, 9.17) is 18.9 Å². The summed E-state index contributed by atoms with van der Waals surface area (Å²) in [4.78, 5) is 35.7. The van der Waals surface area contributed by atoms with Crippen molar-refractivity contribution < 1.29 is 33.3 Å². The highest BCUT2D eigenvalue weighted by Crippen LogP contribution is 2.24. The highest BCUT2D eigenvalue weighted by molar-refractivity contribution is 5.91. The van der Waals surface area contributed by atoms with Gasteiger partial charge in [0.1, 0.15) is 11.5 Å². The van der Waals surface area contributed by atoms with Crippen LogP contribution in [0.25, 0.3) is 17.2 Å². The van der Waals surface area contributed by atoms with Gasteiger partial charge in [0, 0.05) is 11.6 Å². The first-order valence-electron chi connectivity index (χ1n) is 13.7. The zero-order valence-corrected chi connectivity index (χ0v) is 23.6. The average Bonchev–Trinajstić information content (AvgIpc) is 2.98. The van der Waals surface area contributed by atoms with Crippen molar-refractivity contribution in [1.29, 1.82) is 0 Å². The van der Waals surface area contributed by atoms with E-state index in [0.717, 1.165) is 36.0 Å². The maximum atomic E-state index is 12.6. The van der Waals surface area contributed by atoms with Crippen LogP contribution in [0.15, 0.2) is 91.0 Å². The van der Waals surface area contributed by atoms with Crippen molar-refractivity contribution in [1.82, 2.24) is 0 Å². The summed E-state index contributed by atoms with van der Waals surface area (Å²) in [5, 5.41) is 0. The standard InChI is InChI=1S/C34H36O7/c1-4-5-22-39-32(35)21-10-26-8-11-27(12-9-26)28-13-19-31(20-14-28)41-34(37)29-15-17-30(18-16-29)38-23-6-7-24-40-33(36)25(2)3/h8-21H,2,4-7,22-24H2,1,3H3/b21-10+. The number of esters is 3. The predicted molar refractivity (Wildman–Crippen MR) is 159 cm³/mol. The number of hydrogen-bond acceptors (Lipinski definition) is 7. The van der Waals surface area contributed by atoms with Crippen LogP contribution in [0.2, 0.25) is 0 Å². The normalized spacial score (nSPS) is 10.7. The van der Waals surface area contributed by atoms with Crippen molar-refractivity contribution in [3.63, 3.8) is 0 Å². The third kappa shape index (κ3) is 10.8. The van der Waals surface area contributed by atoms with Crippen molar-refractivity contribution >= 4 is 24.0 Å². The molecular formula is C34H36O7. The second kappa shape index (κ2) is 16.5. The monoisotopic (exact) mass is 556 g/mol. The maximum absolute atomic E-state index is 12.6. The van der Waals surface area contributed by atoms with E-state index in [-0.39, 0.29) is 11.9 Å². The molecule has 41 heavy (non-hydrogen) atoms. The van der Waals surface area contributed by atoms with E-state index in [1.165, 1.54) is 6.08 Å². The maximum Gasteiger partial charge on any atom is 0.343 e. The van der Waals surface area contributed by atoms with Gasteiger partial charge in [0.2, 0.25) is 0 Å². The van der Waals surface area contributed by atoms with Gasteiger partial charge in [0.05, 0.1) is 25.4 Å². The van der Waals surface area contributed by atoms with E-state index in [2.05, 4.69) is 6.58 Å². The Morgan fingerprint density at radius 2 is 1.32 bits per heavy atom. The van der Waals surface area contributed by atoms with Gasteiger partial charge in [0.15, 0.2) is 0 Å². The van der Waals surface area contributed by atoms with E-state index >= 15 is 0 Å². The molecule has 0 aromatic heterocycles. The van der Waals surface area contributed by atoms with Crippen molar-refractivity contribution in [3.8, 4) is 22.6 Å². The molecule has 7 nitrogen and oxygen atoms in total. The van der Waals surface area contributed by atoms with Crippen LogP contribution in [0.3, 0.4) is 0 Å². The number of ether oxygens (including phenoxy) is 4. The van der Waals surface area contributed by atoms with E-state index < -0.39 is 5.97 Å².